The van der Waals surface area contributed by atoms with Gasteiger partial charge < -0.3 is 10.3 Å². The maximum absolute atomic E-state index is 11.1. The summed E-state index contributed by atoms with van der Waals surface area (Å²) in [5.74, 6) is 0.794. The van der Waals surface area contributed by atoms with Crippen LogP contribution in [0.2, 0.25) is 0 Å². The molecule has 1 unspecified atom stereocenters. The first-order chi connectivity index (χ1) is 11.1. The third-order valence-corrected chi connectivity index (χ3v) is 4.22. The summed E-state index contributed by atoms with van der Waals surface area (Å²) in [6, 6.07) is 8.28. The number of carbonyl (C=O) groups excluding carboxylic acids is 1. The summed E-state index contributed by atoms with van der Waals surface area (Å²) < 4.78 is 2.27. The molecule has 0 saturated carbocycles. The minimum Gasteiger partial charge on any atom is -0.370 e. The van der Waals surface area contributed by atoms with E-state index >= 15 is 0 Å². The van der Waals surface area contributed by atoms with Crippen molar-refractivity contribution < 1.29 is 4.79 Å². The van der Waals surface area contributed by atoms with E-state index in [2.05, 4.69) is 29.5 Å². The average molecular weight is 310 g/mol. The Labute approximate surface area is 135 Å². The number of imidazole rings is 1. The molecule has 5 nitrogen and oxygen atoms in total. The second-order valence-electron chi connectivity index (χ2n) is 6.01. The number of nitrogens with two attached hydrogens (primary N) is 1. The van der Waals surface area contributed by atoms with Crippen molar-refractivity contribution in [3.63, 3.8) is 0 Å². The van der Waals surface area contributed by atoms with Crippen molar-refractivity contribution in [3.05, 3.63) is 36.3 Å². The molecule has 120 valence electrons. The fourth-order valence-electron chi connectivity index (χ4n) is 3.13. The highest BCUT2D eigenvalue weighted by atomic mass is 16.1. The van der Waals surface area contributed by atoms with Crippen molar-refractivity contribution in [1.29, 1.82) is 0 Å². The highest BCUT2D eigenvalue weighted by Gasteiger charge is 2.18. The summed E-state index contributed by atoms with van der Waals surface area (Å²) in [6.45, 7) is 4.27. The number of pyridine rings is 1. The Morgan fingerprint density at radius 2 is 2.09 bits per heavy atom. The number of primary amides is 1. The fraction of sp³-hybridized carbons (Fsp3) is 0.389. The average Bonchev–Trinajstić information content (AvgIpc) is 2.91. The molecule has 0 bridgehead atoms. The molecule has 1 amide bonds. The number of aryl methyl sites for hydroxylation is 1. The minimum atomic E-state index is -0.259. The van der Waals surface area contributed by atoms with Crippen LogP contribution in [0.1, 0.15) is 45.0 Å². The summed E-state index contributed by atoms with van der Waals surface area (Å²) in [5.41, 5.74) is 8.31. The van der Waals surface area contributed by atoms with Gasteiger partial charge in [-0.3, -0.25) is 9.78 Å². The molecule has 23 heavy (non-hydrogen) atoms. The molecule has 0 spiro atoms. The van der Waals surface area contributed by atoms with Crippen molar-refractivity contribution in [1.82, 2.24) is 14.5 Å². The van der Waals surface area contributed by atoms with Gasteiger partial charge in [-0.1, -0.05) is 25.1 Å². The largest absolute Gasteiger partial charge is 0.370 e. The molecular formula is C18H22N4O. The molecule has 5 heteroatoms. The van der Waals surface area contributed by atoms with Crippen LogP contribution >= 0.6 is 0 Å². The zero-order chi connectivity index (χ0) is 16.4. The minimum absolute atomic E-state index is 0.167. The second kappa shape index (κ2) is 6.36. The van der Waals surface area contributed by atoms with Gasteiger partial charge in [0.25, 0.3) is 0 Å². The number of nitrogens with zero attached hydrogens (tertiary/aromatic N) is 3. The Morgan fingerprint density at radius 1 is 1.30 bits per heavy atom. The maximum atomic E-state index is 11.1. The first-order valence-corrected chi connectivity index (χ1v) is 8.14. The van der Waals surface area contributed by atoms with E-state index in [1.54, 1.807) is 0 Å². The van der Waals surface area contributed by atoms with Crippen LogP contribution in [-0.4, -0.2) is 20.4 Å². The quantitative estimate of drug-likeness (QED) is 0.758. The van der Waals surface area contributed by atoms with Gasteiger partial charge in [0.05, 0.1) is 17.2 Å². The number of fused-ring (bicyclic) bond motifs is 3. The Hall–Kier alpha value is -2.43. The van der Waals surface area contributed by atoms with E-state index in [4.69, 9.17) is 10.7 Å². The topological polar surface area (TPSA) is 73.8 Å². The standard InChI is InChI=1S/C18H22N4O/c1-3-6-17-21-15-11-20-14-8-5-4-7-13(14)18(15)22(17)12(2)9-10-16(19)23/h4-5,7-8,11-12H,3,6,9-10H2,1-2H3,(H2,19,23). The lowest BCUT2D eigenvalue weighted by atomic mass is 10.1. The molecule has 2 aromatic heterocycles. The molecule has 1 aromatic carbocycles. The fourth-order valence-corrected chi connectivity index (χ4v) is 3.13. The highest BCUT2D eigenvalue weighted by molar-refractivity contribution is 6.02. The predicted molar refractivity (Wildman–Crippen MR) is 92.2 cm³/mol. The number of amides is 1. The normalized spacial score (nSPS) is 12.8. The zero-order valence-electron chi connectivity index (χ0n) is 13.6. The van der Waals surface area contributed by atoms with Gasteiger partial charge in [-0.05, 0) is 25.8 Å². The van der Waals surface area contributed by atoms with Gasteiger partial charge in [0.1, 0.15) is 11.3 Å². The number of aromatic nitrogens is 3. The number of benzene rings is 1. The van der Waals surface area contributed by atoms with Gasteiger partial charge in [0, 0.05) is 24.3 Å². The van der Waals surface area contributed by atoms with Crippen molar-refractivity contribution >= 4 is 27.8 Å². The van der Waals surface area contributed by atoms with Gasteiger partial charge in [0.15, 0.2) is 0 Å². The van der Waals surface area contributed by atoms with Gasteiger partial charge >= 0.3 is 0 Å². The monoisotopic (exact) mass is 310 g/mol. The molecular weight excluding hydrogens is 288 g/mol. The Kier molecular flexibility index (Phi) is 4.28. The summed E-state index contributed by atoms with van der Waals surface area (Å²) >= 11 is 0. The maximum Gasteiger partial charge on any atom is 0.217 e. The molecule has 1 atom stereocenters. The molecule has 2 N–H and O–H groups in total. The van der Waals surface area contributed by atoms with Crippen LogP contribution in [0.3, 0.4) is 0 Å². The third kappa shape index (κ3) is 2.91. The van der Waals surface area contributed by atoms with E-state index in [0.717, 1.165) is 40.6 Å². The first kappa shape index (κ1) is 15.5. The van der Waals surface area contributed by atoms with Crippen LogP contribution in [0.5, 0.6) is 0 Å². The van der Waals surface area contributed by atoms with Gasteiger partial charge in [-0.25, -0.2) is 4.98 Å². The van der Waals surface area contributed by atoms with Crippen molar-refractivity contribution in [2.45, 2.75) is 45.6 Å². The van der Waals surface area contributed by atoms with Crippen molar-refractivity contribution in [2.24, 2.45) is 5.73 Å². The molecule has 0 aliphatic heterocycles. The number of carbonyl (C=O) groups is 1. The van der Waals surface area contributed by atoms with Crippen LogP contribution in [-0.2, 0) is 11.2 Å². The Morgan fingerprint density at radius 3 is 2.83 bits per heavy atom. The summed E-state index contributed by atoms with van der Waals surface area (Å²) in [7, 11) is 0. The Balaban J connectivity index is 2.20. The number of para-hydroxylation sites is 1. The third-order valence-electron chi connectivity index (χ3n) is 4.22. The van der Waals surface area contributed by atoms with E-state index in [0.29, 0.717) is 12.8 Å². The molecule has 3 rings (SSSR count). The highest BCUT2D eigenvalue weighted by Crippen LogP contribution is 2.29. The van der Waals surface area contributed by atoms with Crippen molar-refractivity contribution in [2.75, 3.05) is 0 Å². The summed E-state index contributed by atoms with van der Waals surface area (Å²) in [5, 5.41) is 1.10. The lowest BCUT2D eigenvalue weighted by Gasteiger charge is -2.17. The van der Waals surface area contributed by atoms with E-state index in [1.165, 1.54) is 0 Å². The predicted octanol–water partition coefficient (Wildman–Crippen LogP) is 3.36. The number of rotatable bonds is 6. The van der Waals surface area contributed by atoms with Crippen LogP contribution in [0, 0.1) is 0 Å². The first-order valence-electron chi connectivity index (χ1n) is 8.14. The number of hydrogen-bond acceptors (Lipinski definition) is 3. The number of hydrogen-bond donors (Lipinski definition) is 1. The van der Waals surface area contributed by atoms with Gasteiger partial charge in [0.2, 0.25) is 5.91 Å². The van der Waals surface area contributed by atoms with Crippen LogP contribution < -0.4 is 5.73 Å². The van der Waals surface area contributed by atoms with E-state index < -0.39 is 0 Å². The van der Waals surface area contributed by atoms with Gasteiger partial charge in [-0.15, -0.1) is 0 Å². The molecule has 0 aliphatic rings. The zero-order valence-corrected chi connectivity index (χ0v) is 13.6. The smallest absolute Gasteiger partial charge is 0.217 e. The van der Waals surface area contributed by atoms with E-state index in [-0.39, 0.29) is 11.9 Å². The van der Waals surface area contributed by atoms with Crippen LogP contribution in [0.4, 0.5) is 0 Å². The SMILES string of the molecule is CCCc1nc2cnc3ccccc3c2n1C(C)CCC(N)=O. The molecule has 0 aliphatic carbocycles. The molecule has 2 heterocycles. The van der Waals surface area contributed by atoms with E-state index in [9.17, 15) is 4.79 Å². The van der Waals surface area contributed by atoms with E-state index in [1.807, 2.05) is 24.4 Å². The second-order valence-corrected chi connectivity index (χ2v) is 6.01. The van der Waals surface area contributed by atoms with Crippen molar-refractivity contribution in [3.8, 4) is 0 Å². The molecule has 0 radical (unpaired) electrons. The molecule has 3 aromatic rings. The lowest BCUT2D eigenvalue weighted by molar-refractivity contribution is -0.118. The summed E-state index contributed by atoms with van der Waals surface area (Å²) in [4.78, 5) is 20.4. The van der Waals surface area contributed by atoms with Crippen LogP contribution in [0.15, 0.2) is 30.5 Å². The lowest BCUT2D eigenvalue weighted by Crippen LogP contribution is -2.15. The molecule has 0 saturated heterocycles. The molecule has 0 fully saturated rings. The van der Waals surface area contributed by atoms with Gasteiger partial charge in [-0.2, -0.15) is 0 Å². The summed E-state index contributed by atoms with van der Waals surface area (Å²) in [6.07, 6.45) is 4.87. The Bertz CT molecular complexity index is 853. The van der Waals surface area contributed by atoms with Crippen LogP contribution in [0.25, 0.3) is 21.9 Å².